The third kappa shape index (κ3) is 7.43. The van der Waals surface area contributed by atoms with Crippen LogP contribution in [0.25, 0.3) is 0 Å². The van der Waals surface area contributed by atoms with Gasteiger partial charge in [-0.25, -0.2) is 0 Å². The number of ether oxygens (including phenoxy) is 1. The Kier molecular flexibility index (Phi) is 8.90. The van der Waals surface area contributed by atoms with Gasteiger partial charge in [-0.15, -0.1) is 24.0 Å². The van der Waals surface area contributed by atoms with E-state index in [1.54, 1.807) is 0 Å². The number of benzene rings is 1. The molecule has 1 fully saturated rings. The monoisotopic (exact) mass is 464 g/mol. The van der Waals surface area contributed by atoms with Crippen LogP contribution in [0.4, 0.5) is 5.69 Å². The van der Waals surface area contributed by atoms with Crippen molar-refractivity contribution < 1.29 is 14.8 Å². The van der Waals surface area contributed by atoms with Crippen LogP contribution in [-0.4, -0.2) is 47.8 Å². The second-order valence-corrected chi connectivity index (χ2v) is 5.90. The molecule has 0 aromatic heterocycles. The molecule has 8 nitrogen and oxygen atoms in total. The molecule has 0 bridgehead atoms. The zero-order valence-corrected chi connectivity index (χ0v) is 16.7. The average molecular weight is 464 g/mol. The number of halogens is 1. The average Bonchev–Trinajstić information content (AvgIpc) is 3.26. The SMILES string of the molecule is CCNC(=NCC(O)COc1ccc([N+](=O)[O-])cc1)NC1CC1C.I. The van der Waals surface area contributed by atoms with Crippen LogP contribution >= 0.6 is 24.0 Å². The second-order valence-electron chi connectivity index (χ2n) is 5.90. The molecule has 2 rings (SSSR count). The van der Waals surface area contributed by atoms with Crippen molar-refractivity contribution in [3.63, 3.8) is 0 Å². The molecule has 25 heavy (non-hydrogen) atoms. The molecular formula is C16H25IN4O4. The van der Waals surface area contributed by atoms with Crippen LogP contribution in [0.5, 0.6) is 5.75 Å². The number of nitro benzene ring substituents is 1. The zero-order chi connectivity index (χ0) is 17.5. The van der Waals surface area contributed by atoms with Gasteiger partial charge in [-0.05, 0) is 31.4 Å². The molecule has 1 aliphatic carbocycles. The zero-order valence-electron chi connectivity index (χ0n) is 14.3. The fourth-order valence-electron chi connectivity index (χ4n) is 2.12. The van der Waals surface area contributed by atoms with E-state index in [1.165, 1.54) is 24.3 Å². The summed E-state index contributed by atoms with van der Waals surface area (Å²) < 4.78 is 5.42. The molecule has 0 saturated heterocycles. The lowest BCUT2D eigenvalue weighted by atomic mass is 10.3. The van der Waals surface area contributed by atoms with Crippen LogP contribution in [0.15, 0.2) is 29.3 Å². The highest BCUT2D eigenvalue weighted by atomic mass is 127. The minimum absolute atomic E-state index is 0. The van der Waals surface area contributed by atoms with E-state index in [4.69, 9.17) is 4.74 Å². The first-order valence-electron chi connectivity index (χ1n) is 8.09. The molecule has 0 spiro atoms. The summed E-state index contributed by atoms with van der Waals surface area (Å²) in [6, 6.07) is 6.20. The number of nitrogens with zero attached hydrogens (tertiary/aromatic N) is 2. The standard InChI is InChI=1S/C16H24N4O4.HI/c1-3-17-16(19-15-8-11(15)2)18-9-13(21)10-24-14-6-4-12(5-7-14)20(22)23;/h4-7,11,13,15,21H,3,8-10H2,1-2H3,(H2,17,18,19);1H. The van der Waals surface area contributed by atoms with Crippen molar-refractivity contribution in [2.45, 2.75) is 32.4 Å². The highest BCUT2D eigenvalue weighted by molar-refractivity contribution is 14.0. The van der Waals surface area contributed by atoms with E-state index in [2.05, 4.69) is 22.5 Å². The van der Waals surface area contributed by atoms with Crippen molar-refractivity contribution in [2.24, 2.45) is 10.9 Å². The van der Waals surface area contributed by atoms with Gasteiger partial charge in [0.15, 0.2) is 5.96 Å². The van der Waals surface area contributed by atoms with Crippen molar-refractivity contribution >= 4 is 35.6 Å². The minimum atomic E-state index is -0.757. The quantitative estimate of drug-likeness (QED) is 0.178. The van der Waals surface area contributed by atoms with Crippen LogP contribution < -0.4 is 15.4 Å². The fourth-order valence-corrected chi connectivity index (χ4v) is 2.12. The molecular weight excluding hydrogens is 439 g/mol. The van der Waals surface area contributed by atoms with E-state index in [1.807, 2.05) is 6.92 Å². The molecule has 0 radical (unpaired) electrons. The Morgan fingerprint density at radius 3 is 2.64 bits per heavy atom. The number of aliphatic hydroxyl groups is 1. The number of non-ortho nitro benzene ring substituents is 1. The maximum Gasteiger partial charge on any atom is 0.269 e. The van der Waals surface area contributed by atoms with Crippen LogP contribution in [0.1, 0.15) is 20.3 Å². The van der Waals surface area contributed by atoms with Gasteiger partial charge in [0, 0.05) is 24.7 Å². The first-order valence-corrected chi connectivity index (χ1v) is 8.09. The van der Waals surface area contributed by atoms with E-state index in [9.17, 15) is 15.2 Å². The predicted molar refractivity (Wildman–Crippen MR) is 107 cm³/mol. The molecule has 0 aliphatic heterocycles. The summed E-state index contributed by atoms with van der Waals surface area (Å²) in [5.41, 5.74) is 0.00292. The van der Waals surface area contributed by atoms with Crippen molar-refractivity contribution in [1.82, 2.24) is 10.6 Å². The molecule has 3 atom stereocenters. The maximum absolute atomic E-state index is 10.6. The first-order chi connectivity index (χ1) is 11.5. The Labute approximate surface area is 164 Å². The van der Waals surface area contributed by atoms with Gasteiger partial charge in [-0.3, -0.25) is 15.1 Å². The van der Waals surface area contributed by atoms with E-state index in [-0.39, 0.29) is 42.8 Å². The van der Waals surface area contributed by atoms with Gasteiger partial charge >= 0.3 is 0 Å². The van der Waals surface area contributed by atoms with Gasteiger partial charge in [0.2, 0.25) is 0 Å². The number of aliphatic imine (C=N–C) groups is 1. The molecule has 1 saturated carbocycles. The molecule has 0 heterocycles. The van der Waals surface area contributed by atoms with E-state index < -0.39 is 11.0 Å². The molecule has 0 amide bonds. The lowest BCUT2D eigenvalue weighted by molar-refractivity contribution is -0.384. The summed E-state index contributed by atoms with van der Waals surface area (Å²) in [5.74, 6) is 1.82. The van der Waals surface area contributed by atoms with Crippen LogP contribution in [0.3, 0.4) is 0 Å². The van der Waals surface area contributed by atoms with Crippen molar-refractivity contribution in [3.8, 4) is 5.75 Å². The number of hydrogen-bond acceptors (Lipinski definition) is 5. The second kappa shape index (κ2) is 10.4. The summed E-state index contributed by atoms with van der Waals surface area (Å²) in [4.78, 5) is 14.5. The normalized spacial score (nSPS) is 20.2. The number of guanidine groups is 1. The summed E-state index contributed by atoms with van der Waals surface area (Å²) in [7, 11) is 0. The van der Waals surface area contributed by atoms with Crippen LogP contribution in [-0.2, 0) is 0 Å². The van der Waals surface area contributed by atoms with Gasteiger partial charge < -0.3 is 20.5 Å². The van der Waals surface area contributed by atoms with Gasteiger partial charge in [-0.1, -0.05) is 6.92 Å². The smallest absolute Gasteiger partial charge is 0.269 e. The Hall–Kier alpha value is -1.62. The highest BCUT2D eigenvalue weighted by Gasteiger charge is 2.33. The summed E-state index contributed by atoms with van der Waals surface area (Å²) >= 11 is 0. The number of nitro groups is 1. The molecule has 3 N–H and O–H groups in total. The topological polar surface area (TPSA) is 109 Å². The van der Waals surface area contributed by atoms with Crippen LogP contribution in [0, 0.1) is 16.0 Å². The first kappa shape index (κ1) is 21.4. The molecule has 1 aromatic rings. The largest absolute Gasteiger partial charge is 0.491 e. The predicted octanol–water partition coefficient (Wildman–Crippen LogP) is 1.92. The van der Waals surface area contributed by atoms with Gasteiger partial charge in [0.05, 0.1) is 11.5 Å². The number of nitrogens with one attached hydrogen (secondary N) is 2. The number of rotatable bonds is 8. The van der Waals surface area contributed by atoms with Gasteiger partial charge in [0.25, 0.3) is 5.69 Å². The minimum Gasteiger partial charge on any atom is -0.491 e. The molecule has 1 aliphatic rings. The van der Waals surface area contributed by atoms with Gasteiger partial charge in [0.1, 0.15) is 18.5 Å². The fraction of sp³-hybridized carbons (Fsp3) is 0.562. The molecule has 140 valence electrons. The highest BCUT2D eigenvalue weighted by Crippen LogP contribution is 2.28. The van der Waals surface area contributed by atoms with Crippen molar-refractivity contribution in [1.29, 1.82) is 0 Å². The lowest BCUT2D eigenvalue weighted by Crippen LogP contribution is -2.40. The molecule has 9 heteroatoms. The molecule has 3 unspecified atom stereocenters. The van der Waals surface area contributed by atoms with E-state index in [0.717, 1.165) is 13.0 Å². The van der Waals surface area contributed by atoms with E-state index >= 15 is 0 Å². The third-order valence-electron chi connectivity index (χ3n) is 3.73. The van der Waals surface area contributed by atoms with E-state index in [0.29, 0.717) is 23.7 Å². The summed E-state index contributed by atoms with van der Waals surface area (Å²) in [6.45, 7) is 5.20. The van der Waals surface area contributed by atoms with Crippen molar-refractivity contribution in [2.75, 3.05) is 19.7 Å². The summed E-state index contributed by atoms with van der Waals surface area (Å²) in [5, 5.41) is 27.0. The third-order valence-corrected chi connectivity index (χ3v) is 3.73. The Balaban J connectivity index is 0.00000312. The molecule has 1 aromatic carbocycles. The Morgan fingerprint density at radius 2 is 2.12 bits per heavy atom. The number of aliphatic hydroxyl groups excluding tert-OH is 1. The van der Waals surface area contributed by atoms with Crippen LogP contribution in [0.2, 0.25) is 0 Å². The lowest BCUT2D eigenvalue weighted by Gasteiger charge is -2.13. The van der Waals surface area contributed by atoms with Gasteiger partial charge in [-0.2, -0.15) is 0 Å². The Bertz CT molecular complexity index is 582. The Morgan fingerprint density at radius 1 is 1.48 bits per heavy atom. The number of hydrogen-bond donors (Lipinski definition) is 3. The van der Waals surface area contributed by atoms with Crippen molar-refractivity contribution in [3.05, 3.63) is 34.4 Å². The summed E-state index contributed by atoms with van der Waals surface area (Å²) in [6.07, 6.45) is 0.378. The maximum atomic E-state index is 10.6.